The van der Waals surface area contributed by atoms with E-state index in [9.17, 15) is 0 Å². The van der Waals surface area contributed by atoms with Crippen molar-refractivity contribution in [3.63, 3.8) is 0 Å². The first kappa shape index (κ1) is 18.2. The van der Waals surface area contributed by atoms with Crippen LogP contribution in [-0.4, -0.2) is 23.1 Å². The third-order valence-corrected chi connectivity index (χ3v) is 4.47. The molecular weight excluding hydrogens is 298 g/mol. The monoisotopic (exact) mass is 327 g/mol. The number of benzene rings is 1. The number of aryl methyl sites for hydroxylation is 4. The fourth-order valence-corrected chi connectivity index (χ4v) is 3.06. The highest BCUT2D eigenvalue weighted by atomic mass is 16.5. The first-order valence-electron chi connectivity index (χ1n) is 8.68. The SMILES string of the molecule is CCC(CC)Nc1nc(C)c(-c2c(C)cc(C)cc2OC)nc1C. The van der Waals surface area contributed by atoms with Crippen molar-refractivity contribution in [2.45, 2.75) is 60.4 Å². The lowest BCUT2D eigenvalue weighted by Gasteiger charge is -2.19. The van der Waals surface area contributed by atoms with Crippen molar-refractivity contribution in [1.29, 1.82) is 0 Å². The van der Waals surface area contributed by atoms with Gasteiger partial charge in [0.1, 0.15) is 11.6 Å². The number of hydrogen-bond donors (Lipinski definition) is 1. The Balaban J connectivity index is 2.53. The molecular formula is C20H29N3O. The highest BCUT2D eigenvalue weighted by Crippen LogP contribution is 2.35. The average Bonchev–Trinajstić information content (AvgIpc) is 2.55. The Morgan fingerprint density at radius 3 is 2.25 bits per heavy atom. The van der Waals surface area contributed by atoms with E-state index >= 15 is 0 Å². The minimum Gasteiger partial charge on any atom is -0.496 e. The molecule has 1 aromatic heterocycles. The summed E-state index contributed by atoms with van der Waals surface area (Å²) in [6.07, 6.45) is 2.15. The number of nitrogens with one attached hydrogen (secondary N) is 1. The molecule has 0 fully saturated rings. The standard InChI is InChI=1S/C20H29N3O/c1-8-16(9-2)23-20-15(6)21-19(14(5)22-20)18-13(4)10-12(3)11-17(18)24-7/h10-11,16H,8-9H2,1-7H3,(H,22,23). The molecule has 0 aliphatic heterocycles. The summed E-state index contributed by atoms with van der Waals surface area (Å²) < 4.78 is 5.60. The molecule has 0 saturated carbocycles. The average molecular weight is 327 g/mol. The van der Waals surface area contributed by atoms with Crippen LogP contribution in [0.4, 0.5) is 5.82 Å². The van der Waals surface area contributed by atoms with E-state index in [1.165, 1.54) is 5.56 Å². The van der Waals surface area contributed by atoms with Gasteiger partial charge in [0.25, 0.3) is 0 Å². The molecule has 0 radical (unpaired) electrons. The molecule has 0 aliphatic rings. The van der Waals surface area contributed by atoms with Gasteiger partial charge in [-0.15, -0.1) is 0 Å². The topological polar surface area (TPSA) is 47.0 Å². The molecule has 0 amide bonds. The third kappa shape index (κ3) is 3.69. The normalized spacial score (nSPS) is 11.0. The van der Waals surface area contributed by atoms with Crippen molar-refractivity contribution < 1.29 is 4.74 Å². The molecule has 130 valence electrons. The molecule has 1 aromatic carbocycles. The van der Waals surface area contributed by atoms with E-state index in [4.69, 9.17) is 14.7 Å². The largest absolute Gasteiger partial charge is 0.496 e. The molecule has 0 atom stereocenters. The zero-order chi connectivity index (χ0) is 17.9. The summed E-state index contributed by atoms with van der Waals surface area (Å²) in [4.78, 5) is 9.65. The lowest BCUT2D eigenvalue weighted by molar-refractivity contribution is 0.415. The number of aromatic nitrogens is 2. The highest BCUT2D eigenvalue weighted by molar-refractivity contribution is 5.74. The van der Waals surface area contributed by atoms with Crippen molar-refractivity contribution in [2.24, 2.45) is 0 Å². The van der Waals surface area contributed by atoms with Gasteiger partial charge in [-0.1, -0.05) is 19.9 Å². The van der Waals surface area contributed by atoms with Crippen LogP contribution >= 0.6 is 0 Å². The summed E-state index contributed by atoms with van der Waals surface area (Å²) >= 11 is 0. The summed E-state index contributed by atoms with van der Waals surface area (Å²) in [6.45, 7) is 12.6. The second kappa shape index (κ2) is 7.65. The molecule has 2 rings (SSSR count). The highest BCUT2D eigenvalue weighted by Gasteiger charge is 2.17. The summed E-state index contributed by atoms with van der Waals surface area (Å²) in [5.74, 6) is 1.73. The number of rotatable bonds is 6. The molecule has 1 heterocycles. The van der Waals surface area contributed by atoms with Crippen LogP contribution in [0, 0.1) is 27.7 Å². The van der Waals surface area contributed by atoms with E-state index in [0.717, 1.165) is 52.6 Å². The van der Waals surface area contributed by atoms with Gasteiger partial charge in [-0.05, 0) is 57.7 Å². The number of nitrogens with zero attached hydrogens (tertiary/aromatic N) is 2. The van der Waals surface area contributed by atoms with Crippen molar-refractivity contribution in [3.8, 4) is 17.0 Å². The van der Waals surface area contributed by atoms with Crippen molar-refractivity contribution >= 4 is 5.82 Å². The van der Waals surface area contributed by atoms with Gasteiger partial charge in [-0.2, -0.15) is 0 Å². The molecule has 24 heavy (non-hydrogen) atoms. The first-order chi connectivity index (χ1) is 11.4. The third-order valence-electron chi connectivity index (χ3n) is 4.47. The summed E-state index contributed by atoms with van der Waals surface area (Å²) in [5.41, 5.74) is 6.11. The predicted molar refractivity (Wildman–Crippen MR) is 101 cm³/mol. The van der Waals surface area contributed by atoms with Gasteiger partial charge in [0.2, 0.25) is 0 Å². The fourth-order valence-electron chi connectivity index (χ4n) is 3.06. The van der Waals surface area contributed by atoms with E-state index in [0.29, 0.717) is 6.04 Å². The second-order valence-electron chi connectivity index (χ2n) is 6.41. The van der Waals surface area contributed by atoms with Crippen LogP contribution in [0.5, 0.6) is 5.75 Å². The maximum Gasteiger partial charge on any atom is 0.148 e. The van der Waals surface area contributed by atoms with Gasteiger partial charge < -0.3 is 10.1 Å². The zero-order valence-corrected chi connectivity index (χ0v) is 15.9. The van der Waals surface area contributed by atoms with Crippen molar-refractivity contribution in [1.82, 2.24) is 9.97 Å². The number of ether oxygens (including phenoxy) is 1. The molecule has 2 aromatic rings. The van der Waals surface area contributed by atoms with Gasteiger partial charge >= 0.3 is 0 Å². The predicted octanol–water partition coefficient (Wildman–Crippen LogP) is 4.99. The molecule has 0 unspecified atom stereocenters. The van der Waals surface area contributed by atoms with Crippen LogP contribution in [0.2, 0.25) is 0 Å². The van der Waals surface area contributed by atoms with Gasteiger partial charge in [0.05, 0.1) is 24.2 Å². The van der Waals surface area contributed by atoms with Crippen LogP contribution in [0.15, 0.2) is 12.1 Å². The quantitative estimate of drug-likeness (QED) is 0.812. The maximum atomic E-state index is 5.60. The lowest BCUT2D eigenvalue weighted by Crippen LogP contribution is -2.19. The van der Waals surface area contributed by atoms with E-state index in [1.54, 1.807) is 7.11 Å². The van der Waals surface area contributed by atoms with Crippen LogP contribution < -0.4 is 10.1 Å². The van der Waals surface area contributed by atoms with Gasteiger partial charge in [0, 0.05) is 11.6 Å². The Bertz CT molecular complexity index is 721. The van der Waals surface area contributed by atoms with Gasteiger partial charge in [-0.25, -0.2) is 9.97 Å². The number of hydrogen-bond acceptors (Lipinski definition) is 4. The Labute approximate surface area is 145 Å². The maximum absolute atomic E-state index is 5.60. The fraction of sp³-hybridized carbons (Fsp3) is 0.500. The molecule has 0 spiro atoms. The van der Waals surface area contributed by atoms with Crippen LogP contribution in [0.3, 0.4) is 0 Å². The minimum absolute atomic E-state index is 0.430. The van der Waals surface area contributed by atoms with Crippen LogP contribution in [0.1, 0.15) is 49.2 Å². The Morgan fingerprint density at radius 1 is 1.00 bits per heavy atom. The van der Waals surface area contributed by atoms with E-state index in [-0.39, 0.29) is 0 Å². The van der Waals surface area contributed by atoms with Gasteiger partial charge in [0.15, 0.2) is 0 Å². The summed E-state index contributed by atoms with van der Waals surface area (Å²) in [6, 6.07) is 4.64. The summed E-state index contributed by atoms with van der Waals surface area (Å²) in [7, 11) is 1.70. The Kier molecular flexibility index (Phi) is 5.81. The second-order valence-corrected chi connectivity index (χ2v) is 6.41. The van der Waals surface area contributed by atoms with Crippen molar-refractivity contribution in [2.75, 3.05) is 12.4 Å². The molecule has 1 N–H and O–H groups in total. The number of anilines is 1. The zero-order valence-electron chi connectivity index (χ0n) is 15.9. The smallest absolute Gasteiger partial charge is 0.148 e. The minimum atomic E-state index is 0.430. The van der Waals surface area contributed by atoms with E-state index < -0.39 is 0 Å². The first-order valence-corrected chi connectivity index (χ1v) is 8.68. The summed E-state index contributed by atoms with van der Waals surface area (Å²) in [5, 5.41) is 3.51. The van der Waals surface area contributed by atoms with E-state index in [2.05, 4.69) is 45.1 Å². The van der Waals surface area contributed by atoms with Crippen molar-refractivity contribution in [3.05, 3.63) is 34.6 Å². The molecule has 4 nitrogen and oxygen atoms in total. The number of methoxy groups -OCH3 is 1. The van der Waals surface area contributed by atoms with Crippen LogP contribution in [-0.2, 0) is 0 Å². The van der Waals surface area contributed by atoms with E-state index in [1.807, 2.05) is 13.8 Å². The molecule has 0 bridgehead atoms. The molecule has 0 aliphatic carbocycles. The van der Waals surface area contributed by atoms with Crippen LogP contribution in [0.25, 0.3) is 11.3 Å². The Hall–Kier alpha value is -2.10. The molecule has 0 saturated heterocycles. The molecule has 4 heteroatoms. The van der Waals surface area contributed by atoms with Gasteiger partial charge in [-0.3, -0.25) is 0 Å². The Morgan fingerprint density at radius 2 is 1.67 bits per heavy atom. The lowest BCUT2D eigenvalue weighted by atomic mass is 10.00.